The molecule has 0 atom stereocenters. The number of benzene rings is 2. The molecule has 0 spiro atoms. The van der Waals surface area contributed by atoms with Crippen molar-refractivity contribution in [1.29, 1.82) is 0 Å². The van der Waals surface area contributed by atoms with Gasteiger partial charge in [-0.05, 0) is 0 Å². The van der Waals surface area contributed by atoms with E-state index >= 15 is 0 Å². The van der Waals surface area contributed by atoms with Crippen LogP contribution in [0.25, 0.3) is 0 Å². The first-order chi connectivity index (χ1) is 6.00. The van der Waals surface area contributed by atoms with Crippen molar-refractivity contribution >= 4 is 0 Å². The molecule has 0 aliphatic rings. The summed E-state index contributed by atoms with van der Waals surface area (Å²) in [5.41, 5.74) is 0. The Hall–Kier alpha value is -0.677. The van der Waals surface area contributed by atoms with Crippen molar-refractivity contribution in [2.45, 2.75) is 0 Å². The van der Waals surface area contributed by atoms with Crippen molar-refractivity contribution in [2.24, 2.45) is 0 Å². The molecule has 2 aromatic carbocycles. The fraction of sp³-hybridized carbons (Fsp3) is 0. The molecule has 0 saturated heterocycles. The van der Waals surface area contributed by atoms with Gasteiger partial charge in [0.25, 0.3) is 0 Å². The van der Waals surface area contributed by atoms with Crippen molar-refractivity contribution < 1.29 is 26.2 Å². The third kappa shape index (κ3) is 7.68. The summed E-state index contributed by atoms with van der Waals surface area (Å²) in [6.07, 6.45) is 0. The molecule has 0 nitrogen and oxygen atoms in total. The topological polar surface area (TPSA) is 0 Å². The Labute approximate surface area is 98.7 Å². The second-order valence-corrected chi connectivity index (χ2v) is 2.15. The van der Waals surface area contributed by atoms with E-state index in [0.29, 0.717) is 0 Å². The Bertz CT molecular complexity index is 181. The minimum Gasteiger partial charge on any atom is -0.184 e. The van der Waals surface area contributed by atoms with E-state index in [2.05, 4.69) is 12.1 Å². The number of rotatable bonds is 0. The van der Waals surface area contributed by atoms with Gasteiger partial charge in [-0.1, -0.05) is 0 Å². The Morgan fingerprint density at radius 1 is 0.462 bits per heavy atom. The average molecular weight is 245 g/mol. The quantitative estimate of drug-likeness (QED) is 0.626. The Morgan fingerprint density at radius 3 is 0.846 bits per heavy atom. The van der Waals surface area contributed by atoms with Gasteiger partial charge in [-0.25, -0.2) is 0 Å². The van der Waals surface area contributed by atoms with Crippen LogP contribution < -0.4 is 0 Å². The fourth-order valence-corrected chi connectivity index (χ4v) is 0.684. The van der Waals surface area contributed by atoms with E-state index < -0.39 is 0 Å². The molecule has 0 aliphatic carbocycles. The predicted molar refractivity (Wildman–Crippen MR) is 50.6 cm³/mol. The molecular formula is C12H10Zr. The minimum atomic E-state index is 0. The molecule has 0 aromatic heterocycles. The Morgan fingerprint density at radius 2 is 0.769 bits per heavy atom. The van der Waals surface area contributed by atoms with Crippen LogP contribution in [0.15, 0.2) is 60.7 Å². The molecular weight excluding hydrogens is 235 g/mol. The second-order valence-electron chi connectivity index (χ2n) is 2.15. The smallest absolute Gasteiger partial charge is 0.184 e. The van der Waals surface area contributed by atoms with Crippen LogP contribution in [0.4, 0.5) is 0 Å². The van der Waals surface area contributed by atoms with Crippen LogP contribution in [0.3, 0.4) is 0 Å². The standard InChI is InChI=1S/2C6H5.Zr/c2*1-2-4-6-5-3-1;/h2*1-5H;/q2*-1;+2. The van der Waals surface area contributed by atoms with Gasteiger partial charge in [0.15, 0.2) is 0 Å². The van der Waals surface area contributed by atoms with Crippen molar-refractivity contribution in [3.63, 3.8) is 0 Å². The van der Waals surface area contributed by atoms with Gasteiger partial charge in [-0.2, -0.15) is 72.8 Å². The Kier molecular flexibility index (Phi) is 8.92. The van der Waals surface area contributed by atoms with Crippen LogP contribution in [0.2, 0.25) is 0 Å². The summed E-state index contributed by atoms with van der Waals surface area (Å²) in [7, 11) is 0. The molecule has 0 saturated carbocycles. The summed E-state index contributed by atoms with van der Waals surface area (Å²) >= 11 is 0. The zero-order chi connectivity index (χ0) is 8.49. The van der Waals surface area contributed by atoms with E-state index in [1.807, 2.05) is 60.7 Å². The summed E-state index contributed by atoms with van der Waals surface area (Å²) in [5, 5.41) is 0. The van der Waals surface area contributed by atoms with Crippen molar-refractivity contribution in [1.82, 2.24) is 0 Å². The zero-order valence-electron chi connectivity index (χ0n) is 7.27. The van der Waals surface area contributed by atoms with Crippen LogP contribution in [-0.4, -0.2) is 0 Å². The zero-order valence-corrected chi connectivity index (χ0v) is 9.73. The molecule has 0 aliphatic heterocycles. The third-order valence-corrected chi connectivity index (χ3v) is 1.21. The molecule has 0 fully saturated rings. The summed E-state index contributed by atoms with van der Waals surface area (Å²) < 4.78 is 0. The summed E-state index contributed by atoms with van der Waals surface area (Å²) in [6, 6.07) is 25.0. The van der Waals surface area contributed by atoms with E-state index in [1.165, 1.54) is 0 Å². The predicted octanol–water partition coefficient (Wildman–Crippen LogP) is 2.97. The molecule has 0 N–H and O–H groups in total. The molecule has 0 amide bonds. The van der Waals surface area contributed by atoms with E-state index in [1.54, 1.807) is 0 Å². The molecule has 13 heavy (non-hydrogen) atoms. The van der Waals surface area contributed by atoms with E-state index in [0.717, 1.165) is 0 Å². The molecule has 62 valence electrons. The number of hydrogen-bond acceptors (Lipinski definition) is 0. The van der Waals surface area contributed by atoms with Crippen molar-refractivity contribution in [3.8, 4) is 0 Å². The second kappa shape index (κ2) is 9.41. The van der Waals surface area contributed by atoms with Gasteiger partial charge in [0.2, 0.25) is 0 Å². The first kappa shape index (κ1) is 12.3. The van der Waals surface area contributed by atoms with Gasteiger partial charge in [0.05, 0.1) is 0 Å². The number of hydrogen-bond donors (Lipinski definition) is 0. The van der Waals surface area contributed by atoms with Gasteiger partial charge < -0.3 is 0 Å². The van der Waals surface area contributed by atoms with E-state index in [9.17, 15) is 0 Å². The first-order valence-electron chi connectivity index (χ1n) is 3.82. The molecule has 2 rings (SSSR count). The monoisotopic (exact) mass is 244 g/mol. The van der Waals surface area contributed by atoms with Crippen LogP contribution in [0, 0.1) is 12.1 Å². The third-order valence-electron chi connectivity index (χ3n) is 1.21. The fourth-order valence-electron chi connectivity index (χ4n) is 0.684. The molecule has 0 radical (unpaired) electrons. The molecule has 2 aromatic rings. The maximum atomic E-state index is 2.89. The van der Waals surface area contributed by atoms with Gasteiger partial charge >= 0.3 is 26.2 Å². The molecule has 0 unspecified atom stereocenters. The summed E-state index contributed by atoms with van der Waals surface area (Å²) in [6.45, 7) is 0. The largest absolute Gasteiger partial charge is 2.00 e. The minimum absolute atomic E-state index is 0. The van der Waals surface area contributed by atoms with Gasteiger partial charge in [0.1, 0.15) is 0 Å². The maximum Gasteiger partial charge on any atom is 2.00 e. The van der Waals surface area contributed by atoms with Crippen LogP contribution in [0.5, 0.6) is 0 Å². The van der Waals surface area contributed by atoms with Crippen LogP contribution in [-0.2, 0) is 26.2 Å². The first-order valence-corrected chi connectivity index (χ1v) is 3.82. The van der Waals surface area contributed by atoms with Gasteiger partial charge in [-0.15, -0.1) is 0 Å². The normalized spacial score (nSPS) is 7.38. The van der Waals surface area contributed by atoms with E-state index in [4.69, 9.17) is 0 Å². The van der Waals surface area contributed by atoms with Gasteiger partial charge in [-0.3, -0.25) is 0 Å². The molecule has 0 heterocycles. The average Bonchev–Trinajstić information content (AvgIpc) is 2.24. The SMILES string of the molecule is [Zr+2].[c-]1ccccc1.[c-]1ccccc1. The molecule has 1 heteroatoms. The van der Waals surface area contributed by atoms with Gasteiger partial charge in [0, 0.05) is 0 Å². The van der Waals surface area contributed by atoms with Crippen molar-refractivity contribution in [3.05, 3.63) is 72.8 Å². The summed E-state index contributed by atoms with van der Waals surface area (Å²) in [4.78, 5) is 0. The van der Waals surface area contributed by atoms with Crippen LogP contribution >= 0.6 is 0 Å². The van der Waals surface area contributed by atoms with Crippen molar-refractivity contribution in [2.75, 3.05) is 0 Å². The Balaban J connectivity index is 0.000000206. The summed E-state index contributed by atoms with van der Waals surface area (Å²) in [5.74, 6) is 0. The van der Waals surface area contributed by atoms with E-state index in [-0.39, 0.29) is 26.2 Å². The van der Waals surface area contributed by atoms with Crippen LogP contribution in [0.1, 0.15) is 0 Å². The molecule has 0 bridgehead atoms. The maximum absolute atomic E-state index is 2.89.